The van der Waals surface area contributed by atoms with Crippen LogP contribution in [-0.2, 0) is 19.0 Å². The van der Waals surface area contributed by atoms with Crippen molar-refractivity contribution in [3.05, 3.63) is 0 Å². The van der Waals surface area contributed by atoms with Crippen molar-refractivity contribution in [2.75, 3.05) is 19.7 Å². The summed E-state index contributed by atoms with van der Waals surface area (Å²) < 4.78 is 17.1. The molecule has 1 heterocycles. The van der Waals surface area contributed by atoms with Crippen LogP contribution in [0.4, 0.5) is 0 Å². The maximum absolute atomic E-state index is 12.4. The van der Waals surface area contributed by atoms with Gasteiger partial charge in [-0.15, -0.1) is 0 Å². The molecule has 0 bridgehead atoms. The summed E-state index contributed by atoms with van der Waals surface area (Å²) in [6.07, 6.45) is 3.34. The van der Waals surface area contributed by atoms with Crippen LogP contribution in [0.25, 0.3) is 0 Å². The molecule has 5 nitrogen and oxygen atoms in total. The first-order chi connectivity index (χ1) is 11.9. The molecular weight excluding hydrogens is 330 g/mol. The zero-order chi connectivity index (χ0) is 20.0. The van der Waals surface area contributed by atoms with Gasteiger partial charge >= 0.3 is 5.97 Å². The Morgan fingerprint density at radius 2 is 1.62 bits per heavy atom. The Balaban J connectivity index is 2.49. The van der Waals surface area contributed by atoms with Gasteiger partial charge in [0.05, 0.1) is 18.3 Å². The molecule has 0 aromatic carbocycles. The van der Waals surface area contributed by atoms with Crippen molar-refractivity contribution in [1.29, 1.82) is 0 Å². The molecule has 1 saturated heterocycles. The van der Waals surface area contributed by atoms with E-state index in [4.69, 9.17) is 14.2 Å². The van der Waals surface area contributed by atoms with Crippen LogP contribution in [0.1, 0.15) is 74.7 Å². The standard InChI is InChI=1S/C21H41NO4/c1-15(2)25-17(4)14-24-19(23)21(7,8)26-16(3)13-20(5,6)18-9-11-22-12-10-18/h15-18,22H,9-14H2,1-8H3. The highest BCUT2D eigenvalue weighted by Gasteiger charge is 2.37. The van der Waals surface area contributed by atoms with Crippen molar-refractivity contribution < 1.29 is 19.0 Å². The lowest BCUT2D eigenvalue weighted by atomic mass is 9.71. The summed E-state index contributed by atoms with van der Waals surface area (Å²) in [7, 11) is 0. The molecule has 0 radical (unpaired) electrons. The Morgan fingerprint density at radius 1 is 1.04 bits per heavy atom. The molecule has 26 heavy (non-hydrogen) atoms. The normalized spacial score (nSPS) is 19.4. The quantitative estimate of drug-likeness (QED) is 0.590. The summed E-state index contributed by atoms with van der Waals surface area (Å²) in [5, 5.41) is 3.43. The van der Waals surface area contributed by atoms with Gasteiger partial charge in [0.1, 0.15) is 6.61 Å². The zero-order valence-corrected chi connectivity index (χ0v) is 18.2. The van der Waals surface area contributed by atoms with Gasteiger partial charge < -0.3 is 19.5 Å². The summed E-state index contributed by atoms with van der Waals surface area (Å²) in [6.45, 7) is 18.6. The van der Waals surface area contributed by atoms with Crippen molar-refractivity contribution >= 4 is 5.97 Å². The second kappa shape index (κ2) is 10.0. The van der Waals surface area contributed by atoms with Crippen LogP contribution in [-0.4, -0.2) is 49.6 Å². The minimum Gasteiger partial charge on any atom is -0.461 e. The smallest absolute Gasteiger partial charge is 0.337 e. The van der Waals surface area contributed by atoms with Crippen LogP contribution in [0.2, 0.25) is 0 Å². The van der Waals surface area contributed by atoms with Gasteiger partial charge in [0, 0.05) is 0 Å². The van der Waals surface area contributed by atoms with Crippen molar-refractivity contribution in [2.24, 2.45) is 11.3 Å². The Morgan fingerprint density at radius 3 is 2.15 bits per heavy atom. The highest BCUT2D eigenvalue weighted by atomic mass is 16.6. The summed E-state index contributed by atoms with van der Waals surface area (Å²) in [5.41, 5.74) is -0.762. The van der Waals surface area contributed by atoms with Crippen LogP contribution in [0.15, 0.2) is 0 Å². The molecule has 0 saturated carbocycles. The number of piperidine rings is 1. The van der Waals surface area contributed by atoms with E-state index in [-0.39, 0.29) is 36.3 Å². The predicted molar refractivity (Wildman–Crippen MR) is 105 cm³/mol. The first-order valence-electron chi connectivity index (χ1n) is 10.1. The topological polar surface area (TPSA) is 56.8 Å². The van der Waals surface area contributed by atoms with Gasteiger partial charge in [-0.1, -0.05) is 13.8 Å². The minimum absolute atomic E-state index is 0.00762. The molecule has 0 aromatic heterocycles. The van der Waals surface area contributed by atoms with Crippen LogP contribution in [0.5, 0.6) is 0 Å². The third-order valence-electron chi connectivity index (χ3n) is 5.20. The van der Waals surface area contributed by atoms with Gasteiger partial charge in [0.2, 0.25) is 0 Å². The van der Waals surface area contributed by atoms with E-state index in [1.54, 1.807) is 13.8 Å². The molecule has 5 heteroatoms. The maximum Gasteiger partial charge on any atom is 0.337 e. The summed E-state index contributed by atoms with van der Waals surface area (Å²) in [6, 6.07) is 0. The average molecular weight is 372 g/mol. The third kappa shape index (κ3) is 7.93. The highest BCUT2D eigenvalue weighted by molar-refractivity contribution is 5.78. The van der Waals surface area contributed by atoms with E-state index in [2.05, 4.69) is 26.1 Å². The minimum atomic E-state index is -0.957. The number of carbonyl (C=O) groups excluding carboxylic acids is 1. The summed E-state index contributed by atoms with van der Waals surface area (Å²) in [5.74, 6) is 0.363. The molecule has 1 rings (SSSR count). The number of hydrogen-bond donors (Lipinski definition) is 1. The number of carbonyl (C=O) groups is 1. The molecule has 1 fully saturated rings. The Hall–Kier alpha value is -0.650. The molecule has 0 amide bonds. The van der Waals surface area contributed by atoms with E-state index in [1.807, 2.05) is 20.8 Å². The SMILES string of the molecule is CC(C)OC(C)COC(=O)C(C)(C)OC(C)CC(C)(C)C1CCNCC1. The monoisotopic (exact) mass is 371 g/mol. The van der Waals surface area contributed by atoms with Gasteiger partial charge in [-0.3, -0.25) is 0 Å². The lowest BCUT2D eigenvalue weighted by molar-refractivity contribution is -0.180. The Labute approximate surface area is 160 Å². The van der Waals surface area contributed by atoms with E-state index in [0.29, 0.717) is 5.92 Å². The number of hydrogen-bond acceptors (Lipinski definition) is 5. The van der Waals surface area contributed by atoms with Crippen molar-refractivity contribution in [2.45, 2.75) is 98.6 Å². The summed E-state index contributed by atoms with van der Waals surface area (Å²) >= 11 is 0. The van der Waals surface area contributed by atoms with E-state index in [9.17, 15) is 4.79 Å². The maximum atomic E-state index is 12.4. The fourth-order valence-corrected chi connectivity index (χ4v) is 3.97. The van der Waals surface area contributed by atoms with Gasteiger partial charge in [-0.25, -0.2) is 4.79 Å². The number of rotatable bonds is 10. The van der Waals surface area contributed by atoms with Crippen LogP contribution >= 0.6 is 0 Å². The van der Waals surface area contributed by atoms with Crippen molar-refractivity contribution in [1.82, 2.24) is 5.32 Å². The van der Waals surface area contributed by atoms with Gasteiger partial charge in [0.25, 0.3) is 0 Å². The molecule has 154 valence electrons. The molecule has 1 N–H and O–H groups in total. The first-order valence-corrected chi connectivity index (χ1v) is 10.1. The number of nitrogens with one attached hydrogen (secondary N) is 1. The molecular formula is C21H41NO4. The molecule has 0 aliphatic carbocycles. The Bertz CT molecular complexity index is 428. The van der Waals surface area contributed by atoms with Crippen LogP contribution in [0, 0.1) is 11.3 Å². The zero-order valence-electron chi connectivity index (χ0n) is 18.2. The third-order valence-corrected chi connectivity index (χ3v) is 5.20. The van der Waals surface area contributed by atoms with Crippen LogP contribution in [0.3, 0.4) is 0 Å². The van der Waals surface area contributed by atoms with Crippen molar-refractivity contribution in [3.8, 4) is 0 Å². The highest BCUT2D eigenvalue weighted by Crippen LogP contribution is 2.38. The van der Waals surface area contributed by atoms with E-state index in [0.717, 1.165) is 19.5 Å². The largest absolute Gasteiger partial charge is 0.461 e. The molecule has 2 atom stereocenters. The fraction of sp³-hybridized carbons (Fsp3) is 0.952. The van der Waals surface area contributed by atoms with Crippen molar-refractivity contribution in [3.63, 3.8) is 0 Å². The predicted octanol–water partition coefficient (Wildman–Crippen LogP) is 3.94. The van der Waals surface area contributed by atoms with Gasteiger partial charge in [0.15, 0.2) is 5.60 Å². The number of ether oxygens (including phenoxy) is 3. The van der Waals surface area contributed by atoms with Crippen LogP contribution < -0.4 is 5.32 Å². The van der Waals surface area contributed by atoms with Gasteiger partial charge in [-0.05, 0) is 85.2 Å². The van der Waals surface area contributed by atoms with Gasteiger partial charge in [-0.2, -0.15) is 0 Å². The average Bonchev–Trinajstić information content (AvgIpc) is 2.51. The van der Waals surface area contributed by atoms with E-state index >= 15 is 0 Å². The molecule has 0 aromatic rings. The van der Waals surface area contributed by atoms with E-state index in [1.165, 1.54) is 12.8 Å². The Kier molecular flexibility index (Phi) is 9.04. The lowest BCUT2D eigenvalue weighted by Crippen LogP contribution is -2.43. The number of esters is 1. The van der Waals surface area contributed by atoms with E-state index < -0.39 is 5.60 Å². The lowest BCUT2D eigenvalue weighted by Gasteiger charge is -2.40. The second-order valence-electron chi connectivity index (χ2n) is 9.25. The molecule has 0 spiro atoms. The second-order valence-corrected chi connectivity index (χ2v) is 9.25. The molecule has 1 aliphatic heterocycles. The fourth-order valence-electron chi connectivity index (χ4n) is 3.97. The molecule has 1 aliphatic rings. The molecule has 2 unspecified atom stereocenters. The first kappa shape index (κ1) is 23.4. The summed E-state index contributed by atoms with van der Waals surface area (Å²) in [4.78, 5) is 12.4.